The summed E-state index contributed by atoms with van der Waals surface area (Å²) in [5, 5.41) is 3.59. The van der Waals surface area contributed by atoms with Gasteiger partial charge in [-0.25, -0.2) is 0 Å². The number of rotatable bonds is 5. The van der Waals surface area contributed by atoms with Crippen LogP contribution in [0.15, 0.2) is 22.7 Å². The fraction of sp³-hybridized carbons (Fsp3) is 0.600. The molecule has 1 aromatic rings. The van der Waals surface area contributed by atoms with Crippen LogP contribution in [-0.2, 0) is 6.54 Å². The normalized spacial score (nSPS) is 28.6. The van der Waals surface area contributed by atoms with Crippen LogP contribution in [0.5, 0.6) is 5.75 Å². The Kier molecular flexibility index (Phi) is 4.61. The van der Waals surface area contributed by atoms with E-state index in [2.05, 4.69) is 43.2 Å². The number of hydrogen-bond acceptors (Lipinski definition) is 4. The third kappa shape index (κ3) is 3.17. The van der Waals surface area contributed by atoms with Crippen molar-refractivity contribution in [3.05, 3.63) is 28.2 Å². The molecule has 0 aromatic heterocycles. The molecule has 3 heterocycles. The Labute approximate surface area is 129 Å². The number of benzene rings is 1. The first kappa shape index (κ1) is 14.3. The molecule has 0 amide bonds. The average molecular weight is 340 g/mol. The minimum absolute atomic E-state index is 0.680. The Balaban J connectivity index is 1.49. The number of nitrogens with one attached hydrogen (secondary N) is 1. The number of hydrogen-bond donors (Lipinski definition) is 1. The van der Waals surface area contributed by atoms with E-state index in [0.29, 0.717) is 6.04 Å². The summed E-state index contributed by atoms with van der Waals surface area (Å²) >= 11 is 3.53. The zero-order valence-corrected chi connectivity index (χ0v) is 13.5. The maximum atomic E-state index is 5.25. The monoisotopic (exact) mass is 339 g/mol. The van der Waals surface area contributed by atoms with E-state index in [-0.39, 0.29) is 0 Å². The molecule has 20 heavy (non-hydrogen) atoms. The molecule has 5 heteroatoms. The fourth-order valence-corrected chi connectivity index (χ4v) is 3.71. The van der Waals surface area contributed by atoms with E-state index in [4.69, 9.17) is 4.74 Å². The fourth-order valence-electron chi connectivity index (χ4n) is 3.12. The number of halogens is 1. The Morgan fingerprint density at radius 2 is 2.10 bits per heavy atom. The van der Waals surface area contributed by atoms with Crippen LogP contribution in [0.2, 0.25) is 0 Å². The smallest absolute Gasteiger partial charge is 0.133 e. The van der Waals surface area contributed by atoms with Gasteiger partial charge in [-0.1, -0.05) is 6.07 Å². The van der Waals surface area contributed by atoms with Gasteiger partial charge in [0.05, 0.1) is 11.6 Å². The zero-order valence-electron chi connectivity index (χ0n) is 11.9. The molecular weight excluding hydrogens is 318 g/mol. The predicted octanol–water partition coefficient (Wildman–Crippen LogP) is 1.55. The van der Waals surface area contributed by atoms with Crippen LogP contribution in [0.3, 0.4) is 0 Å². The van der Waals surface area contributed by atoms with Crippen LogP contribution in [-0.4, -0.2) is 62.2 Å². The number of methoxy groups -OCH3 is 1. The summed E-state index contributed by atoms with van der Waals surface area (Å²) in [6.07, 6.45) is 0. The molecule has 1 N–H and O–H groups in total. The highest BCUT2D eigenvalue weighted by molar-refractivity contribution is 9.10. The van der Waals surface area contributed by atoms with E-state index in [9.17, 15) is 0 Å². The maximum absolute atomic E-state index is 5.25. The van der Waals surface area contributed by atoms with Crippen LogP contribution >= 0.6 is 15.9 Å². The van der Waals surface area contributed by atoms with Crippen molar-refractivity contribution in [2.45, 2.75) is 12.6 Å². The maximum Gasteiger partial charge on any atom is 0.133 e. The van der Waals surface area contributed by atoms with Crippen molar-refractivity contribution in [3.63, 3.8) is 0 Å². The van der Waals surface area contributed by atoms with Gasteiger partial charge in [-0.05, 0) is 33.6 Å². The van der Waals surface area contributed by atoms with Crippen LogP contribution in [0.25, 0.3) is 0 Å². The number of piperazine rings is 3. The molecule has 0 aliphatic carbocycles. The highest BCUT2D eigenvalue weighted by atomic mass is 79.9. The summed E-state index contributed by atoms with van der Waals surface area (Å²) in [6, 6.07) is 6.94. The molecule has 1 aromatic carbocycles. The zero-order chi connectivity index (χ0) is 13.9. The summed E-state index contributed by atoms with van der Waals surface area (Å²) in [5.74, 6) is 0.886. The molecule has 3 fully saturated rings. The Morgan fingerprint density at radius 3 is 2.70 bits per heavy atom. The predicted molar refractivity (Wildman–Crippen MR) is 84.2 cm³/mol. The van der Waals surface area contributed by atoms with Crippen molar-refractivity contribution in [2.75, 3.05) is 46.4 Å². The SMILES string of the molecule is COc1ccc(CNCC2CN3CCN2CC3)cc1Br. The van der Waals surface area contributed by atoms with E-state index in [1.165, 1.54) is 38.3 Å². The van der Waals surface area contributed by atoms with Crippen LogP contribution in [0.4, 0.5) is 0 Å². The molecule has 1 atom stereocenters. The lowest BCUT2D eigenvalue weighted by Gasteiger charge is -2.47. The third-order valence-electron chi connectivity index (χ3n) is 4.32. The van der Waals surface area contributed by atoms with Crippen molar-refractivity contribution in [2.24, 2.45) is 0 Å². The van der Waals surface area contributed by atoms with Gasteiger partial charge in [-0.2, -0.15) is 0 Å². The van der Waals surface area contributed by atoms with Crippen molar-refractivity contribution in [1.29, 1.82) is 0 Å². The Morgan fingerprint density at radius 1 is 1.30 bits per heavy atom. The molecular formula is C15H22BrN3O. The van der Waals surface area contributed by atoms with Gasteiger partial charge in [0.15, 0.2) is 0 Å². The Hall–Kier alpha value is -0.620. The first-order valence-electron chi connectivity index (χ1n) is 7.26. The lowest BCUT2D eigenvalue weighted by molar-refractivity contribution is 0.0136. The second kappa shape index (κ2) is 6.43. The lowest BCUT2D eigenvalue weighted by atomic mass is 10.1. The van der Waals surface area contributed by atoms with E-state index in [0.717, 1.165) is 23.3 Å². The molecule has 4 nitrogen and oxygen atoms in total. The summed E-state index contributed by atoms with van der Waals surface area (Å²) in [5.41, 5.74) is 1.29. The van der Waals surface area contributed by atoms with Crippen molar-refractivity contribution in [3.8, 4) is 5.75 Å². The highest BCUT2D eigenvalue weighted by Crippen LogP contribution is 2.25. The van der Waals surface area contributed by atoms with Crippen LogP contribution in [0, 0.1) is 0 Å². The van der Waals surface area contributed by atoms with Crippen molar-refractivity contribution in [1.82, 2.24) is 15.1 Å². The molecule has 0 radical (unpaired) electrons. The van der Waals surface area contributed by atoms with Gasteiger partial charge in [0.2, 0.25) is 0 Å². The molecule has 4 rings (SSSR count). The van der Waals surface area contributed by atoms with E-state index in [1.807, 2.05) is 6.07 Å². The van der Waals surface area contributed by atoms with E-state index in [1.54, 1.807) is 7.11 Å². The number of nitrogens with zero attached hydrogens (tertiary/aromatic N) is 2. The largest absolute Gasteiger partial charge is 0.496 e. The molecule has 2 bridgehead atoms. The minimum Gasteiger partial charge on any atom is -0.496 e. The summed E-state index contributed by atoms with van der Waals surface area (Å²) in [7, 11) is 1.69. The molecule has 3 aliphatic rings. The topological polar surface area (TPSA) is 27.7 Å². The summed E-state index contributed by atoms with van der Waals surface area (Å²) in [6.45, 7) is 8.18. The molecule has 3 aliphatic heterocycles. The lowest BCUT2D eigenvalue weighted by Crippen LogP contribution is -2.63. The van der Waals surface area contributed by atoms with E-state index >= 15 is 0 Å². The average Bonchev–Trinajstić information content (AvgIpc) is 2.49. The molecule has 0 saturated carbocycles. The number of ether oxygens (including phenoxy) is 1. The van der Waals surface area contributed by atoms with E-state index < -0.39 is 0 Å². The van der Waals surface area contributed by atoms with Crippen molar-refractivity contribution < 1.29 is 4.74 Å². The quantitative estimate of drug-likeness (QED) is 0.880. The summed E-state index contributed by atoms with van der Waals surface area (Å²) < 4.78 is 6.27. The molecule has 110 valence electrons. The van der Waals surface area contributed by atoms with Gasteiger partial charge in [-0.15, -0.1) is 0 Å². The third-order valence-corrected chi connectivity index (χ3v) is 4.94. The van der Waals surface area contributed by atoms with Gasteiger partial charge in [-0.3, -0.25) is 9.80 Å². The molecule has 1 unspecified atom stereocenters. The second-order valence-electron chi connectivity index (χ2n) is 5.59. The highest BCUT2D eigenvalue weighted by Gasteiger charge is 2.31. The van der Waals surface area contributed by atoms with Gasteiger partial charge in [0, 0.05) is 51.9 Å². The van der Waals surface area contributed by atoms with Crippen LogP contribution < -0.4 is 10.1 Å². The van der Waals surface area contributed by atoms with Crippen LogP contribution in [0.1, 0.15) is 5.56 Å². The standard InChI is InChI=1S/C15H22BrN3O/c1-20-15-3-2-12(8-14(15)16)9-17-10-13-11-18-4-6-19(13)7-5-18/h2-3,8,13,17H,4-7,9-11H2,1H3. The van der Waals surface area contributed by atoms with Gasteiger partial charge >= 0.3 is 0 Å². The van der Waals surface area contributed by atoms with Gasteiger partial charge in [0.25, 0.3) is 0 Å². The van der Waals surface area contributed by atoms with Gasteiger partial charge in [0.1, 0.15) is 5.75 Å². The first-order valence-corrected chi connectivity index (χ1v) is 8.05. The molecule has 0 spiro atoms. The Bertz CT molecular complexity index is 460. The number of fused-ring (bicyclic) bond motifs is 3. The van der Waals surface area contributed by atoms with Crippen molar-refractivity contribution >= 4 is 15.9 Å². The van der Waals surface area contributed by atoms with Gasteiger partial charge < -0.3 is 10.1 Å². The molecule has 3 saturated heterocycles. The second-order valence-corrected chi connectivity index (χ2v) is 6.44. The minimum atomic E-state index is 0.680. The first-order chi connectivity index (χ1) is 9.76. The summed E-state index contributed by atoms with van der Waals surface area (Å²) in [4.78, 5) is 5.20.